The molecule has 3 aromatic rings. The van der Waals surface area contributed by atoms with Gasteiger partial charge in [0.05, 0.1) is 11.6 Å². The van der Waals surface area contributed by atoms with Gasteiger partial charge in [0.1, 0.15) is 5.75 Å². The minimum Gasteiger partial charge on any atom is -0.484 e. The number of hydrogen-bond donors (Lipinski definition) is 1. The topological polar surface area (TPSA) is 62.1 Å². The molecular weight excluding hydrogens is 336 g/mol. The van der Waals surface area contributed by atoms with Crippen molar-refractivity contribution in [2.45, 2.75) is 13.8 Å². The molecule has 0 saturated heterocycles. The van der Waals surface area contributed by atoms with Crippen LogP contribution in [0.25, 0.3) is 11.1 Å². The van der Waals surface area contributed by atoms with E-state index in [0.717, 1.165) is 27.9 Å². The second kappa shape index (κ2) is 8.20. The van der Waals surface area contributed by atoms with E-state index < -0.39 is 0 Å². The van der Waals surface area contributed by atoms with E-state index in [2.05, 4.69) is 11.4 Å². The van der Waals surface area contributed by atoms with Crippen LogP contribution in [0, 0.1) is 25.2 Å². The van der Waals surface area contributed by atoms with E-state index in [-0.39, 0.29) is 12.5 Å². The van der Waals surface area contributed by atoms with E-state index in [1.165, 1.54) is 0 Å². The van der Waals surface area contributed by atoms with Gasteiger partial charge < -0.3 is 10.1 Å². The summed E-state index contributed by atoms with van der Waals surface area (Å²) in [6, 6.07) is 23.0. The molecule has 0 fully saturated rings. The predicted molar refractivity (Wildman–Crippen MR) is 107 cm³/mol. The number of benzene rings is 3. The number of anilines is 1. The number of hydrogen-bond acceptors (Lipinski definition) is 3. The smallest absolute Gasteiger partial charge is 0.262 e. The molecule has 134 valence electrons. The van der Waals surface area contributed by atoms with Crippen LogP contribution in [0.2, 0.25) is 0 Å². The molecular formula is C23H20N2O2. The minimum atomic E-state index is -0.195. The number of rotatable bonds is 5. The highest BCUT2D eigenvalue weighted by Crippen LogP contribution is 2.23. The van der Waals surface area contributed by atoms with Gasteiger partial charge in [0.2, 0.25) is 0 Å². The van der Waals surface area contributed by atoms with Gasteiger partial charge in [0, 0.05) is 5.69 Å². The van der Waals surface area contributed by atoms with E-state index >= 15 is 0 Å². The van der Waals surface area contributed by atoms with Gasteiger partial charge in [-0.05, 0) is 66.4 Å². The van der Waals surface area contributed by atoms with Crippen molar-refractivity contribution in [2.75, 3.05) is 11.9 Å². The van der Waals surface area contributed by atoms with Crippen molar-refractivity contribution < 1.29 is 9.53 Å². The van der Waals surface area contributed by atoms with Crippen LogP contribution in [0.1, 0.15) is 16.7 Å². The molecule has 27 heavy (non-hydrogen) atoms. The highest BCUT2D eigenvalue weighted by Gasteiger charge is 2.07. The lowest BCUT2D eigenvalue weighted by atomic mass is 10.0. The first-order valence-corrected chi connectivity index (χ1v) is 8.65. The van der Waals surface area contributed by atoms with Crippen LogP contribution in [-0.2, 0) is 4.79 Å². The van der Waals surface area contributed by atoms with Crippen LogP contribution in [-0.4, -0.2) is 12.5 Å². The van der Waals surface area contributed by atoms with Gasteiger partial charge in [-0.1, -0.05) is 36.4 Å². The minimum absolute atomic E-state index is 0.0520. The Morgan fingerprint density at radius 3 is 2.22 bits per heavy atom. The molecule has 0 radical (unpaired) electrons. The summed E-state index contributed by atoms with van der Waals surface area (Å²) in [5.74, 6) is 0.434. The van der Waals surface area contributed by atoms with E-state index in [1.54, 1.807) is 12.1 Å². The van der Waals surface area contributed by atoms with Gasteiger partial charge in [-0.15, -0.1) is 0 Å². The molecule has 1 amide bonds. The summed E-state index contributed by atoms with van der Waals surface area (Å²) >= 11 is 0. The fourth-order valence-electron chi connectivity index (χ4n) is 2.69. The summed E-state index contributed by atoms with van der Waals surface area (Å²) in [6.45, 7) is 3.89. The number of ether oxygens (including phenoxy) is 1. The van der Waals surface area contributed by atoms with Crippen molar-refractivity contribution in [3.63, 3.8) is 0 Å². The summed E-state index contributed by atoms with van der Waals surface area (Å²) in [5.41, 5.74) is 5.59. The zero-order chi connectivity index (χ0) is 19.2. The zero-order valence-electron chi connectivity index (χ0n) is 15.3. The fourth-order valence-corrected chi connectivity index (χ4v) is 2.69. The Balaban J connectivity index is 1.59. The van der Waals surface area contributed by atoms with Crippen LogP contribution < -0.4 is 10.1 Å². The highest BCUT2D eigenvalue weighted by atomic mass is 16.5. The van der Waals surface area contributed by atoms with Crippen molar-refractivity contribution in [1.82, 2.24) is 0 Å². The summed E-state index contributed by atoms with van der Waals surface area (Å²) in [4.78, 5) is 12.1. The fraction of sp³-hybridized carbons (Fsp3) is 0.130. The Morgan fingerprint density at radius 2 is 1.59 bits per heavy atom. The number of nitrogens with zero attached hydrogens (tertiary/aromatic N) is 1. The molecule has 3 rings (SSSR count). The molecule has 0 saturated carbocycles. The summed E-state index contributed by atoms with van der Waals surface area (Å²) < 4.78 is 5.58. The second-order valence-corrected chi connectivity index (χ2v) is 6.37. The molecule has 0 bridgehead atoms. The monoisotopic (exact) mass is 356 g/mol. The number of carbonyl (C=O) groups is 1. The van der Waals surface area contributed by atoms with Crippen molar-refractivity contribution in [3.8, 4) is 22.9 Å². The van der Waals surface area contributed by atoms with Crippen molar-refractivity contribution in [1.29, 1.82) is 5.26 Å². The van der Waals surface area contributed by atoms with Crippen LogP contribution in [0.15, 0.2) is 66.7 Å². The van der Waals surface area contributed by atoms with Crippen LogP contribution in [0.3, 0.4) is 0 Å². The van der Waals surface area contributed by atoms with Crippen LogP contribution in [0.5, 0.6) is 5.75 Å². The number of aryl methyl sites for hydroxylation is 2. The lowest BCUT2D eigenvalue weighted by molar-refractivity contribution is -0.118. The van der Waals surface area contributed by atoms with Gasteiger partial charge in [-0.3, -0.25) is 4.79 Å². The third kappa shape index (κ3) is 4.74. The third-order valence-electron chi connectivity index (χ3n) is 4.24. The second-order valence-electron chi connectivity index (χ2n) is 6.37. The zero-order valence-corrected chi connectivity index (χ0v) is 15.3. The third-order valence-corrected chi connectivity index (χ3v) is 4.24. The lowest BCUT2D eigenvalue weighted by Crippen LogP contribution is -2.20. The summed E-state index contributed by atoms with van der Waals surface area (Å²) in [7, 11) is 0. The highest BCUT2D eigenvalue weighted by molar-refractivity contribution is 5.92. The Bertz CT molecular complexity index is 984. The van der Waals surface area contributed by atoms with E-state index in [1.807, 2.05) is 68.4 Å². The number of nitriles is 1. The largest absolute Gasteiger partial charge is 0.484 e. The predicted octanol–water partition coefficient (Wildman–Crippen LogP) is 4.86. The Morgan fingerprint density at radius 1 is 0.963 bits per heavy atom. The van der Waals surface area contributed by atoms with Crippen molar-refractivity contribution in [2.24, 2.45) is 0 Å². The van der Waals surface area contributed by atoms with E-state index in [4.69, 9.17) is 10.00 Å². The first-order chi connectivity index (χ1) is 13.0. The number of amides is 1. The normalized spacial score (nSPS) is 10.1. The number of carbonyl (C=O) groups excluding carboxylic acids is 1. The van der Waals surface area contributed by atoms with Crippen LogP contribution >= 0.6 is 0 Å². The van der Waals surface area contributed by atoms with Gasteiger partial charge in [0.15, 0.2) is 6.61 Å². The average molecular weight is 356 g/mol. The van der Waals surface area contributed by atoms with Gasteiger partial charge in [-0.25, -0.2) is 0 Å². The Labute approximate surface area is 159 Å². The number of nitrogens with one attached hydrogen (secondary N) is 1. The molecule has 0 unspecified atom stereocenters. The first-order valence-electron chi connectivity index (χ1n) is 8.65. The van der Waals surface area contributed by atoms with Gasteiger partial charge >= 0.3 is 0 Å². The van der Waals surface area contributed by atoms with Gasteiger partial charge in [-0.2, -0.15) is 5.26 Å². The molecule has 0 aliphatic carbocycles. The van der Waals surface area contributed by atoms with Crippen molar-refractivity contribution >= 4 is 11.6 Å². The Kier molecular flexibility index (Phi) is 5.53. The molecule has 0 spiro atoms. The van der Waals surface area contributed by atoms with E-state index in [0.29, 0.717) is 11.3 Å². The maximum Gasteiger partial charge on any atom is 0.262 e. The average Bonchev–Trinajstić information content (AvgIpc) is 2.70. The SMILES string of the molecule is Cc1ccc(C)c(NC(=O)COc2ccc(-c3ccc(C#N)cc3)cc2)c1. The molecule has 3 aromatic carbocycles. The summed E-state index contributed by atoms with van der Waals surface area (Å²) in [6.07, 6.45) is 0. The summed E-state index contributed by atoms with van der Waals surface area (Å²) in [5, 5.41) is 11.7. The van der Waals surface area contributed by atoms with Crippen LogP contribution in [0.4, 0.5) is 5.69 Å². The molecule has 0 aliphatic rings. The maximum atomic E-state index is 12.1. The lowest BCUT2D eigenvalue weighted by Gasteiger charge is -2.11. The molecule has 1 N–H and O–H groups in total. The maximum absolute atomic E-state index is 12.1. The molecule has 0 atom stereocenters. The Hall–Kier alpha value is -3.58. The molecule has 4 nitrogen and oxygen atoms in total. The molecule has 0 aliphatic heterocycles. The van der Waals surface area contributed by atoms with E-state index in [9.17, 15) is 4.79 Å². The molecule has 0 heterocycles. The molecule has 0 aromatic heterocycles. The van der Waals surface area contributed by atoms with Crippen molar-refractivity contribution in [3.05, 3.63) is 83.4 Å². The quantitative estimate of drug-likeness (QED) is 0.710. The van der Waals surface area contributed by atoms with Gasteiger partial charge in [0.25, 0.3) is 5.91 Å². The molecule has 4 heteroatoms. The standard InChI is InChI=1S/C23H20N2O2/c1-16-3-4-17(2)22(13-16)25-23(26)15-27-21-11-9-20(10-12-21)19-7-5-18(14-24)6-8-19/h3-13H,15H2,1-2H3,(H,25,26). The first kappa shape index (κ1) is 18.2.